The van der Waals surface area contributed by atoms with Crippen molar-refractivity contribution in [1.29, 1.82) is 0 Å². The zero-order valence-corrected chi connectivity index (χ0v) is 20.3. The first-order valence-corrected chi connectivity index (χ1v) is 12.9. The van der Waals surface area contributed by atoms with Crippen molar-refractivity contribution < 1.29 is 17.9 Å². The van der Waals surface area contributed by atoms with Crippen molar-refractivity contribution in [3.63, 3.8) is 0 Å². The van der Waals surface area contributed by atoms with Crippen LogP contribution in [0.3, 0.4) is 0 Å². The van der Waals surface area contributed by atoms with Crippen LogP contribution < -0.4 is 10.1 Å². The molecular weight excluding hydrogens is 462 g/mol. The molecule has 1 aliphatic heterocycles. The van der Waals surface area contributed by atoms with Gasteiger partial charge < -0.3 is 10.1 Å². The smallest absolute Gasteiger partial charge is 0.255 e. The summed E-state index contributed by atoms with van der Waals surface area (Å²) in [4.78, 5) is 15.3. The van der Waals surface area contributed by atoms with E-state index in [1.165, 1.54) is 4.31 Å². The van der Waals surface area contributed by atoms with Gasteiger partial charge in [-0.2, -0.15) is 4.31 Å². The molecule has 0 unspecified atom stereocenters. The van der Waals surface area contributed by atoms with Gasteiger partial charge in [-0.25, -0.2) is 8.42 Å². The summed E-state index contributed by atoms with van der Waals surface area (Å²) >= 11 is 0. The second-order valence-corrected chi connectivity index (χ2v) is 10.2. The van der Waals surface area contributed by atoms with E-state index >= 15 is 0 Å². The summed E-state index contributed by atoms with van der Waals surface area (Å²) in [6.45, 7) is 6.79. The quantitative estimate of drug-likeness (QED) is 0.458. The summed E-state index contributed by atoms with van der Waals surface area (Å²) in [5.41, 5.74) is 2.21. The van der Waals surface area contributed by atoms with E-state index in [1.54, 1.807) is 48.5 Å². The Balaban J connectivity index is 1.34. The van der Waals surface area contributed by atoms with Gasteiger partial charge in [-0.3, -0.25) is 9.69 Å². The van der Waals surface area contributed by atoms with Crippen molar-refractivity contribution in [2.45, 2.75) is 11.4 Å². The number of hydrogen-bond donors (Lipinski definition) is 1. The third-order valence-corrected chi connectivity index (χ3v) is 7.68. The van der Waals surface area contributed by atoms with E-state index in [0.717, 1.165) is 5.56 Å². The van der Waals surface area contributed by atoms with Gasteiger partial charge >= 0.3 is 0 Å². The fourth-order valence-corrected chi connectivity index (χ4v) is 5.40. The van der Waals surface area contributed by atoms with Crippen LogP contribution in [0.5, 0.6) is 5.75 Å². The number of nitrogens with zero attached hydrogens (tertiary/aromatic N) is 2. The second-order valence-electron chi connectivity index (χ2n) is 8.28. The molecule has 0 aromatic heterocycles. The average Bonchev–Trinajstić information content (AvgIpc) is 2.89. The molecule has 1 aliphatic rings. The molecule has 1 N–H and O–H groups in total. The van der Waals surface area contributed by atoms with Crippen LogP contribution in [0.1, 0.15) is 15.9 Å². The number of rotatable bonds is 9. The molecule has 0 aliphatic carbocycles. The van der Waals surface area contributed by atoms with Crippen molar-refractivity contribution in [2.75, 3.05) is 38.1 Å². The second kappa shape index (κ2) is 11.3. The van der Waals surface area contributed by atoms with Gasteiger partial charge in [0, 0.05) is 50.0 Å². The Kier molecular flexibility index (Phi) is 7.97. The molecule has 0 bridgehead atoms. The molecule has 0 saturated carbocycles. The normalized spacial score (nSPS) is 14.9. The van der Waals surface area contributed by atoms with Gasteiger partial charge in [-0.1, -0.05) is 49.1 Å². The van der Waals surface area contributed by atoms with Gasteiger partial charge in [0.25, 0.3) is 5.91 Å². The lowest BCUT2D eigenvalue weighted by Gasteiger charge is -2.34. The SMILES string of the molecule is C=CCOc1cccc(NC(=O)c2cccc(CN3CCN(S(=O)(=O)c4ccccc4)CC3)c2)c1. The van der Waals surface area contributed by atoms with Crippen LogP contribution >= 0.6 is 0 Å². The van der Waals surface area contributed by atoms with Crippen molar-refractivity contribution >= 4 is 21.6 Å². The zero-order chi connectivity index (χ0) is 24.7. The minimum atomic E-state index is -3.47. The number of carbonyl (C=O) groups is 1. The van der Waals surface area contributed by atoms with E-state index < -0.39 is 10.0 Å². The van der Waals surface area contributed by atoms with Crippen LogP contribution in [0.15, 0.2) is 96.4 Å². The van der Waals surface area contributed by atoms with E-state index in [0.29, 0.717) is 61.2 Å². The third kappa shape index (κ3) is 6.36. The topological polar surface area (TPSA) is 79.0 Å². The first-order chi connectivity index (χ1) is 17.0. The lowest BCUT2D eigenvalue weighted by Crippen LogP contribution is -2.48. The average molecular weight is 492 g/mol. The molecule has 1 heterocycles. The number of carbonyl (C=O) groups excluding carboxylic acids is 1. The van der Waals surface area contributed by atoms with Crippen molar-refractivity contribution in [3.05, 3.63) is 103 Å². The highest BCUT2D eigenvalue weighted by Gasteiger charge is 2.28. The number of nitrogens with one attached hydrogen (secondary N) is 1. The fraction of sp³-hybridized carbons (Fsp3) is 0.222. The maximum Gasteiger partial charge on any atom is 0.255 e. The monoisotopic (exact) mass is 491 g/mol. The summed E-state index contributed by atoms with van der Waals surface area (Å²) in [5.74, 6) is 0.455. The standard InChI is InChI=1S/C27H29N3O4S/c1-2-18-34-25-11-7-10-24(20-25)28-27(31)23-9-6-8-22(19-23)21-29-14-16-30(17-15-29)35(32,33)26-12-4-3-5-13-26/h2-13,19-20H,1,14-18,21H2,(H,28,31). The Hall–Kier alpha value is -3.46. The highest BCUT2D eigenvalue weighted by Crippen LogP contribution is 2.20. The molecule has 35 heavy (non-hydrogen) atoms. The van der Waals surface area contributed by atoms with Crippen molar-refractivity contribution in [3.8, 4) is 5.75 Å². The molecule has 3 aromatic carbocycles. The molecule has 4 rings (SSSR count). The van der Waals surface area contributed by atoms with E-state index in [9.17, 15) is 13.2 Å². The Morgan fingerprint density at radius 2 is 1.69 bits per heavy atom. The molecule has 3 aromatic rings. The van der Waals surface area contributed by atoms with Crippen LogP contribution in [-0.4, -0.2) is 56.3 Å². The number of amides is 1. The molecule has 182 valence electrons. The Labute approximate surface area is 206 Å². The van der Waals surface area contributed by atoms with Gasteiger partial charge in [-0.05, 0) is 42.0 Å². The van der Waals surface area contributed by atoms with Crippen LogP contribution in [0, 0.1) is 0 Å². The molecule has 0 spiro atoms. The number of benzene rings is 3. The molecule has 1 amide bonds. The van der Waals surface area contributed by atoms with E-state index in [-0.39, 0.29) is 5.91 Å². The maximum absolute atomic E-state index is 12.8. The highest BCUT2D eigenvalue weighted by molar-refractivity contribution is 7.89. The van der Waals surface area contributed by atoms with E-state index in [1.807, 2.05) is 36.4 Å². The molecule has 0 radical (unpaired) electrons. The summed E-state index contributed by atoms with van der Waals surface area (Å²) in [7, 11) is -3.47. The number of piperazine rings is 1. The Morgan fingerprint density at radius 1 is 0.943 bits per heavy atom. The van der Waals surface area contributed by atoms with Crippen molar-refractivity contribution in [1.82, 2.24) is 9.21 Å². The molecule has 7 nitrogen and oxygen atoms in total. The first-order valence-electron chi connectivity index (χ1n) is 11.5. The Morgan fingerprint density at radius 3 is 2.43 bits per heavy atom. The minimum absolute atomic E-state index is 0.202. The van der Waals surface area contributed by atoms with Crippen LogP contribution in [0.4, 0.5) is 5.69 Å². The maximum atomic E-state index is 12.8. The lowest BCUT2D eigenvalue weighted by molar-refractivity contribution is 0.102. The molecule has 0 atom stereocenters. The van der Waals surface area contributed by atoms with Gasteiger partial charge in [0.1, 0.15) is 12.4 Å². The predicted molar refractivity (Wildman–Crippen MR) is 137 cm³/mol. The molecule has 8 heteroatoms. The van der Waals surface area contributed by atoms with Gasteiger partial charge in [0.05, 0.1) is 4.90 Å². The number of ether oxygens (including phenoxy) is 1. The highest BCUT2D eigenvalue weighted by atomic mass is 32.2. The van der Waals surface area contributed by atoms with Gasteiger partial charge in [0.15, 0.2) is 0 Å². The van der Waals surface area contributed by atoms with Gasteiger partial charge in [0.2, 0.25) is 10.0 Å². The number of sulfonamides is 1. The summed E-state index contributed by atoms with van der Waals surface area (Å²) in [5, 5.41) is 2.91. The predicted octanol–water partition coefficient (Wildman–Crippen LogP) is 4.01. The minimum Gasteiger partial charge on any atom is -0.489 e. The summed E-state index contributed by atoms with van der Waals surface area (Å²) in [6, 6.07) is 23.3. The first kappa shape index (κ1) is 24.7. The summed E-state index contributed by atoms with van der Waals surface area (Å²) < 4.78 is 32.8. The zero-order valence-electron chi connectivity index (χ0n) is 19.5. The lowest BCUT2D eigenvalue weighted by atomic mass is 10.1. The fourth-order valence-electron chi connectivity index (χ4n) is 3.96. The molecule has 1 saturated heterocycles. The Bertz CT molecular complexity index is 1270. The van der Waals surface area contributed by atoms with E-state index in [2.05, 4.69) is 16.8 Å². The van der Waals surface area contributed by atoms with E-state index in [4.69, 9.17) is 4.74 Å². The number of hydrogen-bond acceptors (Lipinski definition) is 5. The largest absolute Gasteiger partial charge is 0.489 e. The van der Waals surface area contributed by atoms with Crippen LogP contribution in [0.2, 0.25) is 0 Å². The van der Waals surface area contributed by atoms with Crippen molar-refractivity contribution in [2.24, 2.45) is 0 Å². The van der Waals surface area contributed by atoms with Gasteiger partial charge in [-0.15, -0.1) is 0 Å². The summed E-state index contributed by atoms with van der Waals surface area (Å²) in [6.07, 6.45) is 1.67. The molecule has 1 fully saturated rings. The van der Waals surface area contributed by atoms with Crippen LogP contribution in [0.25, 0.3) is 0 Å². The van der Waals surface area contributed by atoms with Crippen LogP contribution in [-0.2, 0) is 16.6 Å². The third-order valence-electron chi connectivity index (χ3n) is 5.77. The number of anilines is 1. The molecular formula is C27H29N3O4S.